The molecule has 0 bridgehead atoms. The summed E-state index contributed by atoms with van der Waals surface area (Å²) in [7, 11) is 1.63. The number of hydrogen-bond acceptors (Lipinski definition) is 3. The summed E-state index contributed by atoms with van der Waals surface area (Å²) in [6, 6.07) is 9.85. The summed E-state index contributed by atoms with van der Waals surface area (Å²) in [5, 5.41) is 9.37. The third kappa shape index (κ3) is 2.30. The van der Waals surface area contributed by atoms with Gasteiger partial charge in [-0.1, -0.05) is 19.1 Å². The quantitative estimate of drug-likeness (QED) is 0.929. The number of rotatable bonds is 3. The zero-order valence-electron chi connectivity index (χ0n) is 11.9. The Hall–Kier alpha value is -2.54. The standard InChI is InChI=1S/C16H17N3O/c1-4-14-10(2)15(13(9-17)16(18)19-14)11-5-7-12(20-3)8-6-11/h5-8H,4H2,1-3H3,(H2,18,19)/p+1. The third-order valence-corrected chi connectivity index (χ3v) is 3.48. The van der Waals surface area contributed by atoms with Crippen molar-refractivity contribution in [1.82, 2.24) is 0 Å². The predicted molar refractivity (Wildman–Crippen MR) is 78.2 cm³/mol. The maximum atomic E-state index is 9.37. The van der Waals surface area contributed by atoms with Crippen LogP contribution in [0.5, 0.6) is 5.75 Å². The molecule has 0 radical (unpaired) electrons. The lowest BCUT2D eigenvalue weighted by atomic mass is 9.94. The summed E-state index contributed by atoms with van der Waals surface area (Å²) in [6.07, 6.45) is 0.838. The van der Waals surface area contributed by atoms with Crippen LogP contribution in [-0.4, -0.2) is 7.11 Å². The number of pyridine rings is 1. The van der Waals surface area contributed by atoms with Crippen molar-refractivity contribution < 1.29 is 9.72 Å². The second kappa shape index (κ2) is 5.62. The Labute approximate surface area is 118 Å². The van der Waals surface area contributed by atoms with E-state index >= 15 is 0 Å². The van der Waals surface area contributed by atoms with Gasteiger partial charge in [-0.05, 0) is 24.6 Å². The van der Waals surface area contributed by atoms with Crippen LogP contribution in [0.15, 0.2) is 24.3 Å². The van der Waals surface area contributed by atoms with Gasteiger partial charge in [-0.2, -0.15) is 5.26 Å². The number of hydrogen-bond donors (Lipinski definition) is 1. The maximum Gasteiger partial charge on any atom is 0.289 e. The van der Waals surface area contributed by atoms with Crippen LogP contribution in [0, 0.1) is 18.3 Å². The summed E-state index contributed by atoms with van der Waals surface area (Å²) < 4.78 is 5.16. The van der Waals surface area contributed by atoms with Gasteiger partial charge in [-0.3, -0.25) is 5.73 Å². The average Bonchev–Trinajstić information content (AvgIpc) is 2.48. The van der Waals surface area contributed by atoms with Crippen LogP contribution in [0.2, 0.25) is 0 Å². The normalized spacial score (nSPS) is 10.1. The van der Waals surface area contributed by atoms with E-state index in [1.54, 1.807) is 7.11 Å². The number of H-pyrrole nitrogens is 1. The third-order valence-electron chi connectivity index (χ3n) is 3.48. The summed E-state index contributed by atoms with van der Waals surface area (Å²) in [4.78, 5) is 3.11. The molecule has 1 aromatic heterocycles. The molecule has 2 aromatic rings. The van der Waals surface area contributed by atoms with Gasteiger partial charge in [0.1, 0.15) is 23.1 Å². The van der Waals surface area contributed by atoms with E-state index in [0.29, 0.717) is 11.4 Å². The Balaban J connectivity index is 2.70. The van der Waals surface area contributed by atoms with Crippen molar-refractivity contribution >= 4 is 5.82 Å². The molecule has 0 amide bonds. The number of nitrogens with one attached hydrogen (secondary N) is 1. The number of methoxy groups -OCH3 is 1. The molecule has 0 aliphatic carbocycles. The second-order valence-corrected chi connectivity index (χ2v) is 4.59. The van der Waals surface area contributed by atoms with Crippen LogP contribution in [0.1, 0.15) is 23.7 Å². The number of benzene rings is 1. The molecule has 20 heavy (non-hydrogen) atoms. The van der Waals surface area contributed by atoms with E-state index in [2.05, 4.69) is 18.0 Å². The van der Waals surface area contributed by atoms with Crippen LogP contribution < -0.4 is 15.5 Å². The smallest absolute Gasteiger partial charge is 0.289 e. The molecule has 0 unspecified atom stereocenters. The number of ether oxygens (including phenoxy) is 1. The first-order chi connectivity index (χ1) is 9.62. The number of aromatic nitrogens is 1. The van der Waals surface area contributed by atoms with E-state index in [0.717, 1.165) is 34.6 Å². The molecular weight excluding hydrogens is 250 g/mol. The fraction of sp³-hybridized carbons (Fsp3) is 0.250. The van der Waals surface area contributed by atoms with Crippen molar-refractivity contribution in [3.05, 3.63) is 41.1 Å². The van der Waals surface area contributed by atoms with E-state index in [1.165, 1.54) is 0 Å². The molecule has 0 spiro atoms. The summed E-state index contributed by atoms with van der Waals surface area (Å²) in [6.45, 7) is 4.07. The van der Waals surface area contributed by atoms with E-state index < -0.39 is 0 Å². The number of nitrogens with two attached hydrogens (primary N) is 1. The van der Waals surface area contributed by atoms with Crippen molar-refractivity contribution in [2.24, 2.45) is 0 Å². The summed E-state index contributed by atoms with van der Waals surface area (Å²) >= 11 is 0. The predicted octanol–water partition coefficient (Wildman–Crippen LogP) is 2.50. The molecule has 102 valence electrons. The minimum absolute atomic E-state index is 0.417. The van der Waals surface area contributed by atoms with Crippen molar-refractivity contribution in [1.29, 1.82) is 5.26 Å². The molecule has 4 heteroatoms. The van der Waals surface area contributed by atoms with Gasteiger partial charge in [0.15, 0.2) is 0 Å². The lowest BCUT2D eigenvalue weighted by molar-refractivity contribution is -0.373. The number of aryl methyl sites for hydroxylation is 1. The second-order valence-electron chi connectivity index (χ2n) is 4.59. The number of nitriles is 1. The Morgan fingerprint density at radius 3 is 2.45 bits per heavy atom. The maximum absolute atomic E-state index is 9.37. The van der Waals surface area contributed by atoms with E-state index in [-0.39, 0.29) is 0 Å². The molecule has 0 saturated heterocycles. The van der Waals surface area contributed by atoms with Crippen LogP contribution in [0.4, 0.5) is 5.82 Å². The lowest BCUT2D eigenvalue weighted by Gasteiger charge is -2.11. The van der Waals surface area contributed by atoms with Crippen molar-refractivity contribution in [2.75, 3.05) is 12.8 Å². The highest BCUT2D eigenvalue weighted by Gasteiger charge is 2.19. The molecule has 0 aliphatic rings. The Morgan fingerprint density at radius 1 is 1.30 bits per heavy atom. The van der Waals surface area contributed by atoms with Crippen molar-refractivity contribution in [3.8, 4) is 22.9 Å². The molecule has 0 aliphatic heterocycles. The van der Waals surface area contributed by atoms with Crippen LogP contribution in [-0.2, 0) is 6.42 Å². The van der Waals surface area contributed by atoms with Gasteiger partial charge in [0.2, 0.25) is 0 Å². The number of nitrogen functional groups attached to an aromatic ring is 1. The molecule has 0 saturated carbocycles. The van der Waals surface area contributed by atoms with Gasteiger partial charge in [0.05, 0.1) is 7.11 Å². The fourth-order valence-corrected chi connectivity index (χ4v) is 2.38. The zero-order valence-corrected chi connectivity index (χ0v) is 11.9. The topological polar surface area (TPSA) is 73.2 Å². The SMILES string of the molecule is CCc1[nH+]c(N)c(C#N)c(-c2ccc(OC)cc2)c1C. The lowest BCUT2D eigenvalue weighted by Crippen LogP contribution is -2.20. The Morgan fingerprint density at radius 2 is 1.95 bits per heavy atom. The highest BCUT2D eigenvalue weighted by molar-refractivity contribution is 5.77. The van der Waals surface area contributed by atoms with Crippen LogP contribution >= 0.6 is 0 Å². The van der Waals surface area contributed by atoms with E-state index in [4.69, 9.17) is 10.5 Å². The van der Waals surface area contributed by atoms with Crippen molar-refractivity contribution in [3.63, 3.8) is 0 Å². The first-order valence-corrected chi connectivity index (χ1v) is 6.51. The number of aromatic amines is 1. The Bertz CT molecular complexity index is 669. The van der Waals surface area contributed by atoms with Crippen LogP contribution in [0.25, 0.3) is 11.1 Å². The van der Waals surface area contributed by atoms with Gasteiger partial charge in [-0.15, -0.1) is 0 Å². The van der Waals surface area contributed by atoms with Crippen LogP contribution in [0.3, 0.4) is 0 Å². The van der Waals surface area contributed by atoms with Crippen molar-refractivity contribution in [2.45, 2.75) is 20.3 Å². The number of nitrogens with zero attached hydrogens (tertiary/aromatic N) is 1. The summed E-state index contributed by atoms with van der Waals surface area (Å²) in [5.41, 5.74) is 10.4. The highest BCUT2D eigenvalue weighted by atomic mass is 16.5. The van der Waals surface area contributed by atoms with Gasteiger partial charge in [0.25, 0.3) is 5.82 Å². The van der Waals surface area contributed by atoms with Gasteiger partial charge in [-0.25, -0.2) is 4.98 Å². The molecule has 1 heterocycles. The monoisotopic (exact) mass is 268 g/mol. The van der Waals surface area contributed by atoms with Gasteiger partial charge >= 0.3 is 0 Å². The Kier molecular flexibility index (Phi) is 3.90. The molecule has 0 fully saturated rings. The largest absolute Gasteiger partial charge is 0.497 e. The first kappa shape index (κ1) is 13.9. The van der Waals surface area contributed by atoms with E-state index in [1.807, 2.05) is 31.2 Å². The molecule has 3 N–H and O–H groups in total. The summed E-state index contributed by atoms with van der Waals surface area (Å²) in [5.74, 6) is 1.21. The first-order valence-electron chi connectivity index (χ1n) is 6.51. The highest BCUT2D eigenvalue weighted by Crippen LogP contribution is 2.31. The molecule has 1 aromatic carbocycles. The van der Waals surface area contributed by atoms with Gasteiger partial charge in [0, 0.05) is 17.5 Å². The fourth-order valence-electron chi connectivity index (χ4n) is 2.38. The minimum atomic E-state index is 0.417. The average molecular weight is 268 g/mol. The van der Waals surface area contributed by atoms with Gasteiger partial charge < -0.3 is 4.74 Å². The van der Waals surface area contributed by atoms with E-state index in [9.17, 15) is 5.26 Å². The molecule has 4 nitrogen and oxygen atoms in total. The molecule has 2 rings (SSSR count). The zero-order chi connectivity index (χ0) is 14.7. The molecular formula is C16H18N3O+. The number of anilines is 1. The minimum Gasteiger partial charge on any atom is -0.497 e. The molecule has 0 atom stereocenters.